The highest BCUT2D eigenvalue weighted by atomic mass is 32.2. The lowest BCUT2D eigenvalue weighted by Gasteiger charge is -2.29. The van der Waals surface area contributed by atoms with Crippen molar-refractivity contribution in [1.82, 2.24) is 0 Å². The topological polar surface area (TPSA) is 20.2 Å². The first-order chi connectivity index (χ1) is 9.74. The van der Waals surface area contributed by atoms with Crippen LogP contribution in [0.2, 0.25) is 0 Å². The molecule has 0 heterocycles. The molecule has 0 amide bonds. The molecule has 2 unspecified atom stereocenters. The zero-order valence-corrected chi connectivity index (χ0v) is 12.6. The van der Waals surface area contributed by atoms with E-state index < -0.39 is 0 Å². The number of allylic oxidation sites excluding steroid dienone is 5. The first kappa shape index (κ1) is 13.6. The van der Waals surface area contributed by atoms with Gasteiger partial charge in [0.1, 0.15) is 5.76 Å². The minimum absolute atomic E-state index is 0.224. The van der Waals surface area contributed by atoms with Crippen LogP contribution in [0.4, 0.5) is 0 Å². The molecule has 2 heteroatoms. The van der Waals surface area contributed by atoms with Crippen molar-refractivity contribution < 1.29 is 5.11 Å². The van der Waals surface area contributed by atoms with Gasteiger partial charge in [-0.25, -0.2) is 0 Å². The highest BCUT2D eigenvalue weighted by Crippen LogP contribution is 2.41. The molecule has 2 aliphatic carbocycles. The van der Waals surface area contributed by atoms with Crippen LogP contribution in [0.1, 0.15) is 25.3 Å². The Morgan fingerprint density at radius 3 is 2.85 bits per heavy atom. The summed E-state index contributed by atoms with van der Waals surface area (Å²) in [5.74, 6) is 2.32. The Bertz CT molecular complexity index is 568. The van der Waals surface area contributed by atoms with Gasteiger partial charge in [-0.15, -0.1) is 11.8 Å². The second kappa shape index (κ2) is 5.92. The molecule has 1 nitrogen and oxygen atoms in total. The molecule has 2 aliphatic rings. The summed E-state index contributed by atoms with van der Waals surface area (Å²) >= 11 is 1.78. The smallest absolute Gasteiger partial charge is 0.109 e. The van der Waals surface area contributed by atoms with E-state index in [0.717, 1.165) is 23.5 Å². The Hall–Kier alpha value is -1.41. The second-order valence-corrected chi connectivity index (χ2v) is 6.69. The standard InChI is InChI=1S/C18H20OS/c1-13-7-8-15-9-10-17(18(19)16(15)11-13)20-12-14-5-3-2-4-6-14/h2-9,13,16,19H,10-12H2,1H3. The molecule has 0 radical (unpaired) electrons. The molecule has 3 rings (SSSR count). The monoisotopic (exact) mass is 284 g/mol. The fourth-order valence-electron chi connectivity index (χ4n) is 2.84. The molecule has 1 aromatic carbocycles. The normalized spacial score (nSPS) is 25.4. The zero-order chi connectivity index (χ0) is 13.9. The molecule has 0 bridgehead atoms. The third kappa shape index (κ3) is 2.85. The molecule has 20 heavy (non-hydrogen) atoms. The first-order valence-electron chi connectivity index (χ1n) is 7.21. The number of aliphatic hydroxyl groups excluding tert-OH is 1. The highest BCUT2D eigenvalue weighted by Gasteiger charge is 2.28. The van der Waals surface area contributed by atoms with Crippen LogP contribution in [0.15, 0.2) is 64.8 Å². The summed E-state index contributed by atoms with van der Waals surface area (Å²) in [6.07, 6.45) is 8.61. The van der Waals surface area contributed by atoms with Gasteiger partial charge in [-0.1, -0.05) is 55.5 Å². The number of benzene rings is 1. The van der Waals surface area contributed by atoms with E-state index in [1.54, 1.807) is 11.8 Å². The van der Waals surface area contributed by atoms with Crippen molar-refractivity contribution in [2.45, 2.75) is 25.5 Å². The van der Waals surface area contributed by atoms with Gasteiger partial charge in [0.05, 0.1) is 0 Å². The lowest BCUT2D eigenvalue weighted by Crippen LogP contribution is -2.18. The van der Waals surface area contributed by atoms with Gasteiger partial charge in [-0.05, 0) is 23.5 Å². The molecule has 0 aliphatic heterocycles. The molecule has 0 fully saturated rings. The maximum absolute atomic E-state index is 10.5. The Morgan fingerprint density at radius 1 is 1.25 bits per heavy atom. The number of hydrogen-bond acceptors (Lipinski definition) is 2. The second-order valence-electron chi connectivity index (χ2n) is 5.62. The minimum Gasteiger partial charge on any atom is -0.511 e. The van der Waals surface area contributed by atoms with Gasteiger partial charge in [-0.3, -0.25) is 0 Å². The molecular formula is C18H20OS. The van der Waals surface area contributed by atoms with Crippen molar-refractivity contribution >= 4 is 11.8 Å². The van der Waals surface area contributed by atoms with Crippen LogP contribution in [0.25, 0.3) is 0 Å². The van der Waals surface area contributed by atoms with E-state index in [0.29, 0.717) is 11.7 Å². The summed E-state index contributed by atoms with van der Waals surface area (Å²) in [4.78, 5) is 1.14. The maximum atomic E-state index is 10.5. The Labute approximate surface area is 125 Å². The number of rotatable bonds is 3. The van der Waals surface area contributed by atoms with Crippen LogP contribution < -0.4 is 0 Å². The van der Waals surface area contributed by atoms with E-state index in [9.17, 15) is 5.11 Å². The van der Waals surface area contributed by atoms with Crippen molar-refractivity contribution in [3.05, 3.63) is 70.4 Å². The quantitative estimate of drug-likeness (QED) is 0.820. The van der Waals surface area contributed by atoms with Gasteiger partial charge in [0, 0.05) is 23.0 Å². The zero-order valence-electron chi connectivity index (χ0n) is 11.8. The molecule has 1 N–H and O–H groups in total. The predicted octanol–water partition coefficient (Wildman–Crippen LogP) is 5.23. The van der Waals surface area contributed by atoms with Crippen molar-refractivity contribution in [1.29, 1.82) is 0 Å². The summed E-state index contributed by atoms with van der Waals surface area (Å²) < 4.78 is 0. The highest BCUT2D eigenvalue weighted by molar-refractivity contribution is 8.02. The van der Waals surface area contributed by atoms with Crippen LogP contribution in [0.5, 0.6) is 0 Å². The molecule has 104 valence electrons. The van der Waals surface area contributed by atoms with Crippen LogP contribution in [0.3, 0.4) is 0 Å². The van der Waals surface area contributed by atoms with Gasteiger partial charge in [0.2, 0.25) is 0 Å². The van der Waals surface area contributed by atoms with Gasteiger partial charge in [0.25, 0.3) is 0 Å². The first-order valence-corrected chi connectivity index (χ1v) is 8.19. The van der Waals surface area contributed by atoms with Gasteiger partial charge >= 0.3 is 0 Å². The molecule has 0 saturated heterocycles. The number of aliphatic hydroxyl groups is 1. The van der Waals surface area contributed by atoms with Crippen molar-refractivity contribution in [2.24, 2.45) is 11.8 Å². The third-order valence-electron chi connectivity index (χ3n) is 4.02. The fourth-order valence-corrected chi connectivity index (χ4v) is 3.87. The summed E-state index contributed by atoms with van der Waals surface area (Å²) in [6, 6.07) is 10.4. The average molecular weight is 284 g/mol. The lowest BCUT2D eigenvalue weighted by atomic mass is 9.80. The number of hydrogen-bond donors (Lipinski definition) is 1. The predicted molar refractivity (Wildman–Crippen MR) is 86.5 cm³/mol. The van der Waals surface area contributed by atoms with Gasteiger partial charge < -0.3 is 5.11 Å². The van der Waals surface area contributed by atoms with Crippen LogP contribution in [-0.4, -0.2) is 5.11 Å². The SMILES string of the molecule is CC1C=CC2=CCC(SCc3ccccc3)=C(O)C2C1. The number of thioether (sulfide) groups is 1. The fraction of sp³-hybridized carbons (Fsp3) is 0.333. The molecule has 0 aromatic heterocycles. The summed E-state index contributed by atoms with van der Waals surface area (Å²) in [7, 11) is 0. The van der Waals surface area contributed by atoms with Crippen LogP contribution >= 0.6 is 11.8 Å². The van der Waals surface area contributed by atoms with Gasteiger partial charge in [0.15, 0.2) is 0 Å². The molecule has 0 spiro atoms. The van der Waals surface area contributed by atoms with E-state index in [1.807, 2.05) is 6.07 Å². The molecule has 2 atom stereocenters. The molecule has 0 saturated carbocycles. The summed E-state index contributed by atoms with van der Waals surface area (Å²) in [5.41, 5.74) is 2.61. The maximum Gasteiger partial charge on any atom is 0.109 e. The molecule has 1 aromatic rings. The Morgan fingerprint density at radius 2 is 2.05 bits per heavy atom. The van der Waals surface area contributed by atoms with E-state index in [2.05, 4.69) is 49.4 Å². The van der Waals surface area contributed by atoms with E-state index in [-0.39, 0.29) is 5.92 Å². The van der Waals surface area contributed by atoms with E-state index in [1.165, 1.54) is 11.1 Å². The third-order valence-corrected chi connectivity index (χ3v) is 5.22. The van der Waals surface area contributed by atoms with E-state index in [4.69, 9.17) is 0 Å². The molecular weight excluding hydrogens is 264 g/mol. The van der Waals surface area contributed by atoms with Gasteiger partial charge in [-0.2, -0.15) is 0 Å². The van der Waals surface area contributed by atoms with E-state index >= 15 is 0 Å². The van der Waals surface area contributed by atoms with Crippen molar-refractivity contribution in [3.8, 4) is 0 Å². The minimum atomic E-state index is 0.224. The lowest BCUT2D eigenvalue weighted by molar-refractivity contribution is 0.320. The Balaban J connectivity index is 1.71. The average Bonchev–Trinajstić information content (AvgIpc) is 2.48. The van der Waals surface area contributed by atoms with Crippen LogP contribution in [0, 0.1) is 11.8 Å². The van der Waals surface area contributed by atoms with Crippen LogP contribution in [-0.2, 0) is 5.75 Å². The summed E-state index contributed by atoms with van der Waals surface area (Å²) in [6.45, 7) is 2.21. The Kier molecular flexibility index (Phi) is 4.02. The van der Waals surface area contributed by atoms with Crippen molar-refractivity contribution in [2.75, 3.05) is 0 Å². The number of fused-ring (bicyclic) bond motifs is 1. The van der Waals surface area contributed by atoms with Crippen molar-refractivity contribution in [3.63, 3.8) is 0 Å². The largest absolute Gasteiger partial charge is 0.511 e. The summed E-state index contributed by atoms with van der Waals surface area (Å²) in [5, 5.41) is 10.5.